The van der Waals surface area contributed by atoms with Crippen molar-refractivity contribution < 1.29 is 4.42 Å². The van der Waals surface area contributed by atoms with Gasteiger partial charge in [0.2, 0.25) is 5.82 Å². The van der Waals surface area contributed by atoms with E-state index >= 15 is 0 Å². The number of rotatable bonds is 5. The molecule has 2 fully saturated rings. The molecule has 8 nitrogen and oxygen atoms in total. The fourth-order valence-corrected chi connectivity index (χ4v) is 5.11. The zero-order valence-electron chi connectivity index (χ0n) is 18.4. The number of aromatic nitrogens is 6. The van der Waals surface area contributed by atoms with Crippen molar-refractivity contribution in [1.29, 1.82) is 0 Å². The summed E-state index contributed by atoms with van der Waals surface area (Å²) in [5.74, 6) is 2.60. The Balaban J connectivity index is 1.55. The Morgan fingerprint density at radius 1 is 1.12 bits per heavy atom. The van der Waals surface area contributed by atoms with Gasteiger partial charge in [0.1, 0.15) is 17.0 Å². The van der Waals surface area contributed by atoms with Crippen LogP contribution in [0.5, 0.6) is 0 Å². The van der Waals surface area contributed by atoms with Crippen molar-refractivity contribution in [3.63, 3.8) is 0 Å². The Hall–Kier alpha value is -3.00. The maximum Gasteiger partial charge on any atom is 0.434 e. The van der Waals surface area contributed by atoms with Gasteiger partial charge >= 0.3 is 5.76 Å². The fraction of sp³-hybridized carbons (Fsp3) is 0.458. The van der Waals surface area contributed by atoms with Crippen LogP contribution in [0, 0.1) is 11.8 Å². The highest BCUT2D eigenvalue weighted by Crippen LogP contribution is 2.43. The van der Waals surface area contributed by atoms with Gasteiger partial charge in [-0.2, -0.15) is 0 Å². The number of benzene rings is 1. The standard InChI is InChI=1S/C24H25ClN6O2/c1-13-5-7-14(8-6-13)12-31-19-18(16-3-2-4-17(25)11-16)26-21(23-29-30-24(32)33-23)27-20(19)28-22(31)15-9-10-15/h2-4,11,13-15H,5-10,12H2,1H3,(H,30,32)/t13-,14-. The second kappa shape index (κ2) is 8.09. The van der Waals surface area contributed by atoms with Crippen molar-refractivity contribution in [1.82, 2.24) is 29.7 Å². The number of imidazole rings is 1. The topological polar surface area (TPSA) is 102 Å². The van der Waals surface area contributed by atoms with Crippen LogP contribution in [0.15, 0.2) is 33.5 Å². The van der Waals surface area contributed by atoms with Gasteiger partial charge in [-0.25, -0.2) is 24.8 Å². The third-order valence-corrected chi connectivity index (χ3v) is 7.11. The van der Waals surface area contributed by atoms with E-state index in [0.717, 1.165) is 47.9 Å². The second-order valence-electron chi connectivity index (χ2n) is 9.48. The highest BCUT2D eigenvalue weighted by molar-refractivity contribution is 6.30. The summed E-state index contributed by atoms with van der Waals surface area (Å²) in [5, 5.41) is 6.85. The Morgan fingerprint density at radius 3 is 2.64 bits per heavy atom. The molecule has 1 aromatic carbocycles. The molecule has 0 spiro atoms. The highest BCUT2D eigenvalue weighted by atomic mass is 35.5. The van der Waals surface area contributed by atoms with Crippen LogP contribution in [0.3, 0.4) is 0 Å². The molecule has 0 aliphatic heterocycles. The summed E-state index contributed by atoms with van der Waals surface area (Å²) in [6, 6.07) is 7.62. The number of halogens is 1. The molecular weight excluding hydrogens is 440 g/mol. The molecule has 9 heteroatoms. The number of hydrogen-bond acceptors (Lipinski definition) is 6. The number of fused-ring (bicyclic) bond motifs is 1. The first-order valence-electron chi connectivity index (χ1n) is 11.6. The monoisotopic (exact) mass is 464 g/mol. The molecular formula is C24H25ClN6O2. The van der Waals surface area contributed by atoms with Crippen molar-refractivity contribution >= 4 is 22.8 Å². The smallest absolute Gasteiger partial charge is 0.384 e. The summed E-state index contributed by atoms with van der Waals surface area (Å²) in [4.78, 5) is 26.0. The van der Waals surface area contributed by atoms with E-state index in [1.54, 1.807) is 0 Å². The predicted molar refractivity (Wildman–Crippen MR) is 125 cm³/mol. The van der Waals surface area contributed by atoms with E-state index in [-0.39, 0.29) is 11.7 Å². The highest BCUT2D eigenvalue weighted by Gasteiger charge is 2.33. The molecule has 0 saturated heterocycles. The van der Waals surface area contributed by atoms with Gasteiger partial charge in [0.25, 0.3) is 5.89 Å². The minimum absolute atomic E-state index is 0.0500. The van der Waals surface area contributed by atoms with E-state index in [9.17, 15) is 4.79 Å². The summed E-state index contributed by atoms with van der Waals surface area (Å²) in [6.45, 7) is 3.27. The Bertz CT molecular complexity index is 1380. The maximum atomic E-state index is 11.5. The van der Waals surface area contributed by atoms with Crippen molar-refractivity contribution in [2.45, 2.75) is 57.9 Å². The molecule has 2 saturated carbocycles. The number of hydrogen-bond donors (Lipinski definition) is 1. The summed E-state index contributed by atoms with van der Waals surface area (Å²) < 4.78 is 7.51. The zero-order valence-corrected chi connectivity index (χ0v) is 19.2. The normalized spacial score (nSPS) is 21.0. The van der Waals surface area contributed by atoms with Crippen LogP contribution in [0.1, 0.15) is 57.2 Å². The van der Waals surface area contributed by atoms with Crippen LogP contribution in [-0.2, 0) is 6.54 Å². The predicted octanol–water partition coefficient (Wildman–Crippen LogP) is 5.19. The number of nitrogens with zero attached hydrogens (tertiary/aromatic N) is 5. The van der Waals surface area contributed by atoms with Gasteiger partial charge in [0.05, 0.1) is 0 Å². The van der Waals surface area contributed by atoms with E-state index in [1.165, 1.54) is 25.7 Å². The van der Waals surface area contributed by atoms with Crippen LogP contribution in [0.25, 0.3) is 34.1 Å². The average molecular weight is 465 g/mol. The van der Waals surface area contributed by atoms with E-state index < -0.39 is 5.76 Å². The lowest BCUT2D eigenvalue weighted by molar-refractivity contribution is 0.265. The van der Waals surface area contributed by atoms with Gasteiger partial charge < -0.3 is 8.98 Å². The lowest BCUT2D eigenvalue weighted by atomic mass is 9.83. The molecule has 6 rings (SSSR count). The van der Waals surface area contributed by atoms with Crippen LogP contribution >= 0.6 is 11.6 Å². The van der Waals surface area contributed by atoms with E-state index in [4.69, 9.17) is 26.0 Å². The average Bonchev–Trinajstić information content (AvgIpc) is 3.46. The van der Waals surface area contributed by atoms with E-state index in [0.29, 0.717) is 22.5 Å². The molecule has 4 aromatic rings. The van der Waals surface area contributed by atoms with E-state index in [1.807, 2.05) is 24.3 Å². The summed E-state index contributed by atoms with van der Waals surface area (Å²) >= 11 is 6.34. The Kier molecular flexibility index (Phi) is 5.05. The number of H-pyrrole nitrogens is 1. The largest absolute Gasteiger partial charge is 0.434 e. The summed E-state index contributed by atoms with van der Waals surface area (Å²) in [6.07, 6.45) is 7.30. The molecule has 0 atom stereocenters. The third-order valence-electron chi connectivity index (χ3n) is 6.88. The lowest BCUT2D eigenvalue weighted by Crippen LogP contribution is -2.19. The Labute approximate surface area is 195 Å². The van der Waals surface area contributed by atoms with Gasteiger partial charge in [-0.05, 0) is 49.7 Å². The van der Waals surface area contributed by atoms with Gasteiger partial charge in [-0.15, -0.1) is 5.10 Å². The van der Waals surface area contributed by atoms with Crippen molar-refractivity contribution in [2.75, 3.05) is 0 Å². The molecule has 0 unspecified atom stereocenters. The first-order chi connectivity index (χ1) is 16.0. The summed E-state index contributed by atoms with van der Waals surface area (Å²) in [5.41, 5.74) is 3.12. The van der Waals surface area contributed by atoms with Crippen LogP contribution in [0.4, 0.5) is 0 Å². The lowest BCUT2D eigenvalue weighted by Gasteiger charge is -2.27. The zero-order chi connectivity index (χ0) is 22.5. The van der Waals surface area contributed by atoms with Crippen LogP contribution in [-0.4, -0.2) is 29.7 Å². The second-order valence-corrected chi connectivity index (χ2v) is 9.91. The van der Waals surface area contributed by atoms with Crippen molar-refractivity contribution in [2.24, 2.45) is 11.8 Å². The first-order valence-corrected chi connectivity index (χ1v) is 12.0. The number of aromatic amines is 1. The maximum absolute atomic E-state index is 11.5. The SMILES string of the molecule is C[C@H]1CC[C@H](Cn2c(C3CC3)nc3nc(-c4n[nH]c(=O)o4)nc(-c4cccc(Cl)c4)c32)CC1. The van der Waals surface area contributed by atoms with Gasteiger partial charge in [0.15, 0.2) is 5.65 Å². The molecule has 3 aromatic heterocycles. The minimum Gasteiger partial charge on any atom is -0.384 e. The number of nitrogens with one attached hydrogen (secondary N) is 1. The van der Waals surface area contributed by atoms with E-state index in [2.05, 4.69) is 26.7 Å². The molecule has 1 N–H and O–H groups in total. The molecule has 0 radical (unpaired) electrons. The van der Waals surface area contributed by atoms with Gasteiger partial charge in [-0.1, -0.05) is 43.5 Å². The molecule has 170 valence electrons. The minimum atomic E-state index is -0.645. The van der Waals surface area contributed by atoms with Gasteiger partial charge in [0, 0.05) is 23.0 Å². The quantitative estimate of drug-likeness (QED) is 0.435. The molecule has 2 aliphatic rings. The van der Waals surface area contributed by atoms with Crippen LogP contribution < -0.4 is 5.76 Å². The summed E-state index contributed by atoms with van der Waals surface area (Å²) in [7, 11) is 0. The fourth-order valence-electron chi connectivity index (χ4n) is 4.92. The molecule has 33 heavy (non-hydrogen) atoms. The molecule has 0 bridgehead atoms. The molecule has 0 amide bonds. The van der Waals surface area contributed by atoms with Crippen molar-refractivity contribution in [3.05, 3.63) is 45.7 Å². The molecule has 2 aliphatic carbocycles. The van der Waals surface area contributed by atoms with Crippen LogP contribution in [0.2, 0.25) is 5.02 Å². The van der Waals surface area contributed by atoms with Crippen molar-refractivity contribution in [3.8, 4) is 23.0 Å². The third kappa shape index (κ3) is 3.97. The first kappa shape index (κ1) is 20.6. The van der Waals surface area contributed by atoms with Gasteiger partial charge in [-0.3, -0.25) is 0 Å². The molecule has 3 heterocycles. The Morgan fingerprint density at radius 2 is 1.94 bits per heavy atom.